The smallest absolute Gasteiger partial charge is 0.238 e. The van der Waals surface area contributed by atoms with Gasteiger partial charge in [0.05, 0.1) is 18.5 Å². The van der Waals surface area contributed by atoms with Crippen LogP contribution in [0.5, 0.6) is 0 Å². The zero-order chi connectivity index (χ0) is 20.9. The van der Waals surface area contributed by atoms with E-state index in [2.05, 4.69) is 15.2 Å². The fraction of sp³-hybridized carbons (Fsp3) is 0.700. The number of nitrogens with one attached hydrogen (secondary N) is 1. The molecule has 0 saturated carbocycles. The SMILES string of the molecule is CCCS(=O)(=O)N1CCCCC1C(=O)NCc1ccc(N2CCOC(C)C2)nc1. The first-order valence-corrected chi connectivity index (χ1v) is 12.1. The molecular weight excluding hydrogens is 392 g/mol. The second-order valence-corrected chi connectivity index (χ2v) is 9.85. The number of sulfonamides is 1. The molecule has 2 aliphatic rings. The van der Waals surface area contributed by atoms with Gasteiger partial charge in [0, 0.05) is 32.4 Å². The number of hydrogen-bond acceptors (Lipinski definition) is 6. The van der Waals surface area contributed by atoms with Gasteiger partial charge in [0.15, 0.2) is 0 Å². The number of carbonyl (C=O) groups is 1. The first-order chi connectivity index (χ1) is 13.9. The van der Waals surface area contributed by atoms with Crippen LogP contribution in [0.4, 0.5) is 5.82 Å². The van der Waals surface area contributed by atoms with E-state index in [0.717, 1.165) is 37.3 Å². The Hall–Kier alpha value is -1.71. The van der Waals surface area contributed by atoms with Crippen LogP contribution in [0.25, 0.3) is 0 Å². The lowest BCUT2D eigenvalue weighted by molar-refractivity contribution is -0.125. The number of piperidine rings is 1. The molecule has 8 nitrogen and oxygen atoms in total. The normalized spacial score (nSPS) is 23.7. The Balaban J connectivity index is 1.58. The number of carbonyl (C=O) groups excluding carboxylic acids is 1. The van der Waals surface area contributed by atoms with Gasteiger partial charge < -0.3 is 15.0 Å². The molecule has 0 spiro atoms. The van der Waals surface area contributed by atoms with Gasteiger partial charge in [-0.15, -0.1) is 0 Å². The summed E-state index contributed by atoms with van der Waals surface area (Å²) in [6, 6.07) is 3.30. The van der Waals surface area contributed by atoms with E-state index >= 15 is 0 Å². The van der Waals surface area contributed by atoms with E-state index in [-0.39, 0.29) is 17.8 Å². The van der Waals surface area contributed by atoms with Crippen LogP contribution in [0.3, 0.4) is 0 Å². The maximum Gasteiger partial charge on any atom is 0.238 e. The first kappa shape index (κ1) is 22.0. The number of pyridine rings is 1. The molecule has 1 aromatic rings. The van der Waals surface area contributed by atoms with Crippen LogP contribution >= 0.6 is 0 Å². The van der Waals surface area contributed by atoms with Crippen LogP contribution < -0.4 is 10.2 Å². The highest BCUT2D eigenvalue weighted by Gasteiger charge is 2.35. The third-order valence-corrected chi connectivity index (χ3v) is 7.49. The summed E-state index contributed by atoms with van der Waals surface area (Å²) in [7, 11) is -3.39. The summed E-state index contributed by atoms with van der Waals surface area (Å²) in [5.74, 6) is 0.761. The molecule has 29 heavy (non-hydrogen) atoms. The molecule has 3 heterocycles. The highest BCUT2D eigenvalue weighted by atomic mass is 32.2. The molecule has 3 rings (SSSR count). The minimum absolute atomic E-state index is 0.0856. The number of ether oxygens (including phenoxy) is 1. The van der Waals surface area contributed by atoms with Gasteiger partial charge in [-0.2, -0.15) is 4.31 Å². The average Bonchev–Trinajstić information content (AvgIpc) is 2.72. The van der Waals surface area contributed by atoms with Gasteiger partial charge in [-0.1, -0.05) is 19.4 Å². The summed E-state index contributed by atoms with van der Waals surface area (Å²) >= 11 is 0. The van der Waals surface area contributed by atoms with Crippen molar-refractivity contribution in [3.8, 4) is 0 Å². The minimum Gasteiger partial charge on any atom is -0.375 e. The molecule has 1 amide bonds. The second-order valence-electron chi connectivity index (χ2n) is 7.81. The van der Waals surface area contributed by atoms with Crippen LogP contribution in [0.1, 0.15) is 45.1 Å². The molecule has 0 bridgehead atoms. The maximum absolute atomic E-state index is 12.7. The third-order valence-electron chi connectivity index (χ3n) is 5.42. The van der Waals surface area contributed by atoms with Crippen molar-refractivity contribution in [2.24, 2.45) is 0 Å². The quantitative estimate of drug-likeness (QED) is 0.714. The third kappa shape index (κ3) is 5.67. The molecule has 2 saturated heterocycles. The summed E-state index contributed by atoms with van der Waals surface area (Å²) in [5, 5.41) is 2.90. The molecular formula is C20H32N4O4S. The molecule has 2 fully saturated rings. The molecule has 9 heteroatoms. The van der Waals surface area contributed by atoms with E-state index in [0.29, 0.717) is 32.5 Å². The summed E-state index contributed by atoms with van der Waals surface area (Å²) in [6.07, 6.45) is 4.74. The lowest BCUT2D eigenvalue weighted by Gasteiger charge is -2.33. The molecule has 162 valence electrons. The molecule has 2 atom stereocenters. The van der Waals surface area contributed by atoms with Gasteiger partial charge >= 0.3 is 0 Å². The Morgan fingerprint density at radius 1 is 1.31 bits per heavy atom. The van der Waals surface area contributed by atoms with Gasteiger partial charge in [0.1, 0.15) is 11.9 Å². The summed E-state index contributed by atoms with van der Waals surface area (Å²) in [6.45, 7) is 6.97. The lowest BCUT2D eigenvalue weighted by Crippen LogP contribution is -2.52. The number of morpholine rings is 1. The minimum atomic E-state index is -3.39. The Morgan fingerprint density at radius 2 is 2.14 bits per heavy atom. The van der Waals surface area contributed by atoms with E-state index in [1.807, 2.05) is 26.0 Å². The fourth-order valence-electron chi connectivity index (χ4n) is 3.92. The Kier molecular flexibility index (Phi) is 7.48. The fourth-order valence-corrected chi connectivity index (χ4v) is 5.66. The zero-order valence-corrected chi connectivity index (χ0v) is 18.2. The molecule has 2 aliphatic heterocycles. The lowest BCUT2D eigenvalue weighted by atomic mass is 10.0. The number of amides is 1. The van der Waals surface area contributed by atoms with Crippen molar-refractivity contribution in [3.05, 3.63) is 23.9 Å². The van der Waals surface area contributed by atoms with E-state index < -0.39 is 16.1 Å². The Bertz CT molecular complexity index is 784. The Labute approximate surface area is 173 Å². The van der Waals surface area contributed by atoms with Crippen LogP contribution in [0.2, 0.25) is 0 Å². The van der Waals surface area contributed by atoms with Crippen LogP contribution in [-0.4, -0.2) is 67.8 Å². The topological polar surface area (TPSA) is 91.8 Å². The zero-order valence-electron chi connectivity index (χ0n) is 17.3. The molecule has 0 aromatic carbocycles. The molecule has 1 N–H and O–H groups in total. The highest BCUT2D eigenvalue weighted by Crippen LogP contribution is 2.22. The standard InChI is InChI=1S/C20H32N4O4S/c1-3-12-29(26,27)24-9-5-4-6-18(24)20(25)22-14-17-7-8-19(21-13-17)23-10-11-28-16(2)15-23/h7-8,13,16,18H,3-6,9-12,14-15H2,1-2H3,(H,22,25). The van der Waals surface area contributed by atoms with E-state index in [1.54, 1.807) is 6.20 Å². The number of anilines is 1. The summed E-state index contributed by atoms with van der Waals surface area (Å²) < 4.78 is 32.0. The van der Waals surface area contributed by atoms with E-state index in [4.69, 9.17) is 4.74 Å². The van der Waals surface area contributed by atoms with Gasteiger partial charge in [-0.3, -0.25) is 4.79 Å². The number of aromatic nitrogens is 1. The van der Waals surface area contributed by atoms with Gasteiger partial charge in [0.2, 0.25) is 15.9 Å². The predicted molar refractivity (Wildman–Crippen MR) is 112 cm³/mol. The van der Waals surface area contributed by atoms with Crippen LogP contribution in [-0.2, 0) is 26.1 Å². The van der Waals surface area contributed by atoms with E-state index in [1.165, 1.54) is 4.31 Å². The number of hydrogen-bond donors (Lipinski definition) is 1. The van der Waals surface area contributed by atoms with Gasteiger partial charge in [-0.05, 0) is 37.8 Å². The largest absolute Gasteiger partial charge is 0.375 e. The average molecular weight is 425 g/mol. The number of nitrogens with zero attached hydrogens (tertiary/aromatic N) is 3. The van der Waals surface area contributed by atoms with Crippen molar-refractivity contribution in [2.45, 2.75) is 58.2 Å². The van der Waals surface area contributed by atoms with Gasteiger partial charge in [0.25, 0.3) is 0 Å². The predicted octanol–water partition coefficient (Wildman–Crippen LogP) is 1.52. The maximum atomic E-state index is 12.7. The van der Waals surface area contributed by atoms with Crippen molar-refractivity contribution >= 4 is 21.7 Å². The van der Waals surface area contributed by atoms with Crippen LogP contribution in [0.15, 0.2) is 18.3 Å². The van der Waals surface area contributed by atoms with Crippen molar-refractivity contribution in [1.82, 2.24) is 14.6 Å². The summed E-state index contributed by atoms with van der Waals surface area (Å²) in [4.78, 5) is 19.4. The first-order valence-electron chi connectivity index (χ1n) is 10.5. The van der Waals surface area contributed by atoms with Crippen molar-refractivity contribution in [3.63, 3.8) is 0 Å². The Morgan fingerprint density at radius 3 is 2.83 bits per heavy atom. The van der Waals surface area contributed by atoms with Crippen molar-refractivity contribution in [1.29, 1.82) is 0 Å². The van der Waals surface area contributed by atoms with E-state index in [9.17, 15) is 13.2 Å². The molecule has 0 radical (unpaired) electrons. The number of rotatable bonds is 7. The van der Waals surface area contributed by atoms with Crippen molar-refractivity contribution < 1.29 is 17.9 Å². The molecule has 2 unspecified atom stereocenters. The summed E-state index contributed by atoms with van der Waals surface area (Å²) in [5.41, 5.74) is 0.891. The monoisotopic (exact) mass is 424 g/mol. The molecule has 1 aromatic heterocycles. The van der Waals surface area contributed by atoms with Crippen molar-refractivity contribution in [2.75, 3.05) is 36.9 Å². The molecule has 0 aliphatic carbocycles. The van der Waals surface area contributed by atoms with Crippen LogP contribution in [0, 0.1) is 0 Å². The highest BCUT2D eigenvalue weighted by molar-refractivity contribution is 7.89. The second kappa shape index (κ2) is 9.86. The van der Waals surface area contributed by atoms with Gasteiger partial charge in [-0.25, -0.2) is 13.4 Å².